The summed E-state index contributed by atoms with van der Waals surface area (Å²) in [5.74, 6) is 0.834. The van der Waals surface area contributed by atoms with Gasteiger partial charge in [-0.25, -0.2) is 9.97 Å². The maximum Gasteiger partial charge on any atom is 0.246 e. The molecule has 4 heterocycles. The fourth-order valence-electron chi connectivity index (χ4n) is 5.66. The number of rotatable bonds is 8. The van der Waals surface area contributed by atoms with Crippen LogP contribution in [0.15, 0.2) is 41.5 Å². The summed E-state index contributed by atoms with van der Waals surface area (Å²) in [7, 11) is 2.20. The van der Waals surface area contributed by atoms with E-state index in [-0.39, 0.29) is 17.6 Å². The molecule has 1 aromatic heterocycles. The van der Waals surface area contributed by atoms with Gasteiger partial charge in [-0.2, -0.15) is 0 Å². The molecule has 5 rings (SSSR count). The number of likely N-dealkylation sites (tertiary alicyclic amines) is 1. The fraction of sp³-hybridized carbons (Fsp3) is 0.500. The Balaban J connectivity index is 1.20. The van der Waals surface area contributed by atoms with Crippen molar-refractivity contribution in [3.8, 4) is 0 Å². The Labute approximate surface area is 238 Å². The van der Waals surface area contributed by atoms with E-state index in [1.165, 1.54) is 37.7 Å². The van der Waals surface area contributed by atoms with E-state index >= 15 is 0 Å². The van der Waals surface area contributed by atoms with Crippen LogP contribution in [0.3, 0.4) is 0 Å². The van der Waals surface area contributed by atoms with Crippen molar-refractivity contribution < 1.29 is 9.59 Å². The average Bonchev–Trinajstić information content (AvgIpc) is 3.44. The van der Waals surface area contributed by atoms with Gasteiger partial charge in [-0.15, -0.1) is 0 Å². The van der Waals surface area contributed by atoms with Gasteiger partial charge in [0.1, 0.15) is 10.3 Å². The second-order valence-corrected chi connectivity index (χ2v) is 11.3. The first-order valence-electron chi connectivity index (χ1n) is 13.7. The van der Waals surface area contributed by atoms with E-state index in [4.69, 9.17) is 0 Å². The number of hydrogen-bond donors (Lipinski definition) is 2. The highest BCUT2D eigenvalue weighted by molar-refractivity contribution is 9.10. The molecule has 0 unspecified atom stereocenters. The van der Waals surface area contributed by atoms with Crippen molar-refractivity contribution in [2.75, 3.05) is 74.9 Å². The lowest BCUT2D eigenvalue weighted by Crippen LogP contribution is -2.52. The third kappa shape index (κ3) is 6.59. The number of piperidine rings is 1. The van der Waals surface area contributed by atoms with Crippen molar-refractivity contribution in [1.82, 2.24) is 24.7 Å². The molecule has 1 amide bonds. The Morgan fingerprint density at radius 1 is 1.00 bits per heavy atom. The summed E-state index contributed by atoms with van der Waals surface area (Å²) < 4.78 is 0.457. The van der Waals surface area contributed by atoms with Crippen molar-refractivity contribution in [1.29, 1.82) is 0 Å². The van der Waals surface area contributed by atoms with Crippen LogP contribution in [0.4, 0.5) is 23.0 Å². The zero-order chi connectivity index (χ0) is 27.4. The maximum absolute atomic E-state index is 11.9. The van der Waals surface area contributed by atoms with E-state index in [2.05, 4.69) is 77.0 Å². The van der Waals surface area contributed by atoms with E-state index in [0.29, 0.717) is 41.7 Å². The quantitative estimate of drug-likeness (QED) is 0.351. The maximum atomic E-state index is 11.9. The van der Waals surface area contributed by atoms with Gasteiger partial charge in [0.05, 0.1) is 0 Å². The number of halogens is 1. The highest BCUT2D eigenvalue weighted by atomic mass is 79.9. The average molecular weight is 598 g/mol. The van der Waals surface area contributed by atoms with Crippen LogP contribution < -0.4 is 15.5 Å². The zero-order valence-electron chi connectivity index (χ0n) is 22.5. The molecule has 3 fully saturated rings. The number of carbonyl (C=O) groups excluding carboxylic acids is 2. The van der Waals surface area contributed by atoms with Gasteiger partial charge in [-0.1, -0.05) is 6.58 Å². The van der Waals surface area contributed by atoms with Gasteiger partial charge in [-0.3, -0.25) is 14.5 Å². The van der Waals surface area contributed by atoms with Crippen LogP contribution in [-0.4, -0.2) is 108 Å². The molecule has 3 aliphatic rings. The molecule has 0 bridgehead atoms. The number of aromatic nitrogens is 2. The van der Waals surface area contributed by atoms with Gasteiger partial charge < -0.3 is 25.3 Å². The summed E-state index contributed by atoms with van der Waals surface area (Å²) in [6.45, 7) is 11.6. The van der Waals surface area contributed by atoms with Crippen molar-refractivity contribution in [3.63, 3.8) is 0 Å². The van der Waals surface area contributed by atoms with Gasteiger partial charge >= 0.3 is 0 Å². The smallest absolute Gasteiger partial charge is 0.246 e. The van der Waals surface area contributed by atoms with Gasteiger partial charge in [0, 0.05) is 75.8 Å². The third-order valence-corrected chi connectivity index (χ3v) is 8.57. The van der Waals surface area contributed by atoms with Crippen LogP contribution in [0.2, 0.25) is 0 Å². The molecule has 0 aliphatic carbocycles. The van der Waals surface area contributed by atoms with E-state index in [1.54, 1.807) is 4.90 Å². The molecular formula is C28H37BrN8O2. The number of benzene rings is 1. The van der Waals surface area contributed by atoms with E-state index in [9.17, 15) is 9.59 Å². The normalized spacial score (nSPS) is 21.1. The summed E-state index contributed by atoms with van der Waals surface area (Å²) in [6.07, 6.45) is 5.21. The molecule has 208 valence electrons. The van der Waals surface area contributed by atoms with Crippen LogP contribution in [0.25, 0.3) is 0 Å². The molecule has 1 atom stereocenters. The van der Waals surface area contributed by atoms with Crippen molar-refractivity contribution in [3.05, 3.63) is 47.2 Å². The number of likely N-dealkylation sites (N-methyl/N-ethyl adjacent to an activating group) is 1. The molecular weight excluding hydrogens is 560 g/mol. The van der Waals surface area contributed by atoms with E-state index < -0.39 is 0 Å². The molecule has 3 aliphatic heterocycles. The number of aldehydes is 1. The lowest BCUT2D eigenvalue weighted by molar-refractivity contribution is -0.125. The number of anilines is 4. The van der Waals surface area contributed by atoms with Crippen LogP contribution in [0.5, 0.6) is 0 Å². The molecule has 0 saturated carbocycles. The van der Waals surface area contributed by atoms with Crippen molar-refractivity contribution >= 4 is 51.1 Å². The number of amides is 1. The number of nitrogens with one attached hydrogen (secondary N) is 2. The summed E-state index contributed by atoms with van der Waals surface area (Å²) >= 11 is 3.43. The minimum atomic E-state index is -0.0778. The molecule has 0 radical (unpaired) electrons. The molecule has 1 aromatic carbocycles. The molecule has 2 aromatic rings. The predicted octanol–water partition coefficient (Wildman–Crippen LogP) is 3.21. The minimum Gasteiger partial charge on any atom is -0.371 e. The molecule has 10 nitrogen and oxygen atoms in total. The van der Waals surface area contributed by atoms with Crippen molar-refractivity contribution in [2.45, 2.75) is 31.3 Å². The van der Waals surface area contributed by atoms with Gasteiger partial charge in [0.25, 0.3) is 0 Å². The number of carbonyl (C=O) groups is 2. The molecule has 11 heteroatoms. The highest BCUT2D eigenvalue weighted by Gasteiger charge is 2.28. The first-order chi connectivity index (χ1) is 18.9. The number of piperazine rings is 1. The zero-order valence-corrected chi connectivity index (χ0v) is 24.1. The Hall–Kier alpha value is -3.02. The van der Waals surface area contributed by atoms with Crippen LogP contribution in [-0.2, 0) is 4.79 Å². The number of nitrogens with zero attached hydrogens (tertiary/aromatic N) is 6. The third-order valence-electron chi connectivity index (χ3n) is 8.02. The van der Waals surface area contributed by atoms with Crippen LogP contribution >= 0.6 is 15.9 Å². The summed E-state index contributed by atoms with van der Waals surface area (Å²) in [6, 6.07) is 8.99. The van der Waals surface area contributed by atoms with Gasteiger partial charge in [-0.05, 0) is 72.6 Å². The predicted molar refractivity (Wildman–Crippen MR) is 158 cm³/mol. The van der Waals surface area contributed by atoms with Crippen molar-refractivity contribution in [2.24, 2.45) is 0 Å². The highest BCUT2D eigenvalue weighted by Crippen LogP contribution is 2.28. The van der Waals surface area contributed by atoms with E-state index in [1.807, 2.05) is 12.1 Å². The minimum absolute atomic E-state index is 0.0362. The van der Waals surface area contributed by atoms with Crippen LogP contribution in [0.1, 0.15) is 29.8 Å². The first-order valence-corrected chi connectivity index (χ1v) is 14.5. The SMILES string of the molecule is C=CC(=O)N1CC[C@@H](Nc2nc(Nc3ccc(N4CCC(N5CCN(C)CC5)CC4)cc3)c(C=O)nc2Br)C1. The van der Waals surface area contributed by atoms with E-state index in [0.717, 1.165) is 38.3 Å². The topological polar surface area (TPSA) is 96.9 Å². The summed E-state index contributed by atoms with van der Waals surface area (Å²) in [4.78, 5) is 42.0. The Morgan fingerprint density at radius 2 is 1.72 bits per heavy atom. The molecule has 0 spiro atoms. The standard InChI is InChI=1S/C28H37BrN8O2/c1-3-25(39)37-11-8-21(18-37)31-28-26(29)32-24(19-38)27(33-28)30-20-4-6-22(7-5-20)35-12-9-23(10-13-35)36-16-14-34(2)15-17-36/h3-7,19,21,23H,1,8-18H2,2H3,(H2,30,31,33)/t21-/m1/s1. The fourth-order valence-corrected chi connectivity index (χ4v) is 6.06. The Kier molecular flexibility index (Phi) is 8.79. The molecule has 2 N–H and O–H groups in total. The van der Waals surface area contributed by atoms with Crippen LogP contribution in [0, 0.1) is 0 Å². The van der Waals surface area contributed by atoms with Gasteiger partial charge in [0.15, 0.2) is 17.9 Å². The second kappa shape index (κ2) is 12.4. The number of hydrogen-bond acceptors (Lipinski definition) is 9. The largest absolute Gasteiger partial charge is 0.371 e. The molecule has 3 saturated heterocycles. The van der Waals surface area contributed by atoms with Gasteiger partial charge in [0.2, 0.25) is 5.91 Å². The summed E-state index contributed by atoms with van der Waals surface area (Å²) in [5, 5.41) is 6.62. The molecule has 39 heavy (non-hydrogen) atoms. The summed E-state index contributed by atoms with van der Waals surface area (Å²) in [5.41, 5.74) is 2.26. The first kappa shape index (κ1) is 27.5. The Bertz CT molecular complexity index is 1180. The second-order valence-electron chi connectivity index (χ2n) is 10.6. The monoisotopic (exact) mass is 596 g/mol. The Morgan fingerprint density at radius 3 is 2.38 bits per heavy atom. The lowest BCUT2D eigenvalue weighted by atomic mass is 10.0. The lowest BCUT2D eigenvalue weighted by Gasteiger charge is -2.42.